The second-order valence-electron chi connectivity index (χ2n) is 10.8. The number of carbonyl (C=O) groups excluding carboxylic acids is 3. The van der Waals surface area contributed by atoms with Gasteiger partial charge in [0.15, 0.2) is 24.4 Å². The summed E-state index contributed by atoms with van der Waals surface area (Å²) in [7, 11) is 0. The number of anilines is 3. The summed E-state index contributed by atoms with van der Waals surface area (Å²) < 4.78 is 21.3. The summed E-state index contributed by atoms with van der Waals surface area (Å²) in [6.07, 6.45) is 0.289. The fraction of sp³-hybridized carbons (Fsp3) is 0.312. The van der Waals surface area contributed by atoms with Crippen molar-refractivity contribution in [2.45, 2.75) is 33.0 Å². The summed E-state index contributed by atoms with van der Waals surface area (Å²) in [5, 5.41) is 23.5. The van der Waals surface area contributed by atoms with E-state index in [-0.39, 0.29) is 30.4 Å². The van der Waals surface area contributed by atoms with Gasteiger partial charge in [0.1, 0.15) is 30.1 Å². The first-order chi connectivity index (χ1) is 21.5. The molecule has 13 nitrogen and oxygen atoms in total. The summed E-state index contributed by atoms with van der Waals surface area (Å²) in [4.78, 5) is 46.3. The number of hydrogen-bond donors (Lipinski definition) is 4. The number of nitrogens with one attached hydrogen (secondary N) is 2. The van der Waals surface area contributed by atoms with E-state index in [4.69, 9.17) is 29.2 Å². The fourth-order valence-electron chi connectivity index (χ4n) is 4.51. The standard InChI is InChI=1S/C14H17NO4.C9H7NO4.C9H11NO2/c1-14(2,3)19-13(17)15-7-8-18-12-10(9-16)5-4-6-11(12)15;11-7-4-14-8-5(9(12)13)2-1-3-6(8)10-7;11-6-7-2-1-3-8-9(7)12-5-4-10-8/h4-6,9H,7-8H2,1-3H3;1-3H,4H2,(H,10,11)(H,12,13);1-3,10-11H,4-6H2. The number of ether oxygens (including phenoxy) is 4. The van der Waals surface area contributed by atoms with E-state index in [0.29, 0.717) is 42.4 Å². The zero-order chi connectivity index (χ0) is 32.6. The molecule has 0 saturated carbocycles. The first kappa shape index (κ1) is 32.6. The topological polar surface area (TPSA) is 173 Å². The van der Waals surface area contributed by atoms with Crippen LogP contribution in [0.3, 0.4) is 0 Å². The van der Waals surface area contributed by atoms with Crippen molar-refractivity contribution < 1.29 is 48.3 Å². The molecule has 3 heterocycles. The van der Waals surface area contributed by atoms with Gasteiger partial charge in [-0.25, -0.2) is 9.59 Å². The molecule has 0 fully saturated rings. The van der Waals surface area contributed by atoms with E-state index in [9.17, 15) is 19.2 Å². The van der Waals surface area contributed by atoms with E-state index in [0.717, 1.165) is 29.8 Å². The van der Waals surface area contributed by atoms with Crippen LogP contribution in [-0.4, -0.2) is 73.0 Å². The molecular formula is C32H35N3O10. The van der Waals surface area contributed by atoms with Gasteiger partial charge >= 0.3 is 12.1 Å². The quantitative estimate of drug-likeness (QED) is 0.307. The van der Waals surface area contributed by atoms with E-state index < -0.39 is 17.7 Å². The Kier molecular flexibility index (Phi) is 10.5. The first-order valence-corrected chi connectivity index (χ1v) is 14.1. The average Bonchev–Trinajstić information content (AvgIpc) is 3.03. The molecule has 0 radical (unpaired) electrons. The van der Waals surface area contributed by atoms with Gasteiger partial charge in [0.2, 0.25) is 0 Å². The highest BCUT2D eigenvalue weighted by atomic mass is 16.6. The number of carboxylic acid groups (broad SMARTS) is 1. The molecule has 0 bridgehead atoms. The lowest BCUT2D eigenvalue weighted by atomic mass is 10.1. The molecule has 0 aromatic heterocycles. The van der Waals surface area contributed by atoms with Crippen LogP contribution in [0.4, 0.5) is 21.9 Å². The molecule has 0 aliphatic carbocycles. The molecule has 0 saturated heterocycles. The highest BCUT2D eigenvalue weighted by Gasteiger charge is 2.29. The van der Waals surface area contributed by atoms with Gasteiger partial charge in [-0.3, -0.25) is 14.5 Å². The maximum atomic E-state index is 12.1. The van der Waals surface area contributed by atoms with Crippen LogP contribution in [0.15, 0.2) is 54.6 Å². The summed E-state index contributed by atoms with van der Waals surface area (Å²) in [6, 6.07) is 15.4. The van der Waals surface area contributed by atoms with Crippen LogP contribution >= 0.6 is 0 Å². The van der Waals surface area contributed by atoms with Crippen molar-refractivity contribution in [1.29, 1.82) is 0 Å². The molecule has 4 N–H and O–H groups in total. The Morgan fingerprint density at radius 3 is 2.38 bits per heavy atom. The summed E-state index contributed by atoms with van der Waals surface area (Å²) in [5.41, 5.74) is 2.74. The number of carbonyl (C=O) groups is 4. The van der Waals surface area contributed by atoms with Crippen molar-refractivity contribution in [3.63, 3.8) is 0 Å². The minimum absolute atomic E-state index is 0.0326. The summed E-state index contributed by atoms with van der Waals surface area (Å²) in [5.74, 6) is 0.110. The van der Waals surface area contributed by atoms with Crippen LogP contribution in [0.5, 0.6) is 17.2 Å². The Balaban J connectivity index is 0.000000158. The highest BCUT2D eigenvalue weighted by molar-refractivity contribution is 6.00. The van der Waals surface area contributed by atoms with E-state index >= 15 is 0 Å². The van der Waals surface area contributed by atoms with Gasteiger partial charge in [-0.2, -0.15) is 0 Å². The van der Waals surface area contributed by atoms with Gasteiger partial charge in [-0.05, 0) is 51.1 Å². The van der Waals surface area contributed by atoms with Crippen molar-refractivity contribution in [2.75, 3.05) is 48.4 Å². The van der Waals surface area contributed by atoms with Crippen molar-refractivity contribution >= 4 is 41.3 Å². The Hall–Kier alpha value is -5.30. The smallest absolute Gasteiger partial charge is 0.415 e. The Bertz CT molecular complexity index is 1550. The summed E-state index contributed by atoms with van der Waals surface area (Å²) in [6.45, 7) is 7.59. The Morgan fingerprint density at radius 2 is 1.67 bits per heavy atom. The molecule has 3 aromatic carbocycles. The number of aliphatic hydroxyl groups is 1. The number of aliphatic hydroxyl groups excluding tert-OH is 1. The number of hydrogen-bond acceptors (Lipinski definition) is 10. The maximum Gasteiger partial charge on any atom is 0.415 e. The van der Waals surface area contributed by atoms with E-state index in [2.05, 4.69) is 10.6 Å². The average molecular weight is 622 g/mol. The number of amides is 2. The molecule has 238 valence electrons. The van der Waals surface area contributed by atoms with Gasteiger partial charge in [0.25, 0.3) is 5.91 Å². The number of rotatable bonds is 3. The molecule has 0 unspecified atom stereocenters. The molecule has 0 spiro atoms. The number of aromatic carboxylic acids is 1. The van der Waals surface area contributed by atoms with E-state index in [1.54, 1.807) is 30.3 Å². The predicted molar refractivity (Wildman–Crippen MR) is 165 cm³/mol. The van der Waals surface area contributed by atoms with Crippen LogP contribution in [0.2, 0.25) is 0 Å². The van der Waals surface area contributed by atoms with Crippen molar-refractivity contribution in [3.05, 3.63) is 71.3 Å². The van der Waals surface area contributed by atoms with Crippen LogP contribution in [0, 0.1) is 0 Å². The molecule has 45 heavy (non-hydrogen) atoms. The first-order valence-electron chi connectivity index (χ1n) is 14.1. The van der Waals surface area contributed by atoms with Gasteiger partial charge in [-0.15, -0.1) is 0 Å². The molecule has 13 heteroatoms. The molecule has 3 aliphatic heterocycles. The lowest BCUT2D eigenvalue weighted by molar-refractivity contribution is -0.118. The number of fused-ring (bicyclic) bond motifs is 3. The van der Waals surface area contributed by atoms with Crippen LogP contribution < -0.4 is 29.7 Å². The van der Waals surface area contributed by atoms with E-state index in [1.165, 1.54) is 11.0 Å². The van der Waals surface area contributed by atoms with Crippen molar-refractivity contribution in [3.8, 4) is 17.2 Å². The zero-order valence-electron chi connectivity index (χ0n) is 25.1. The summed E-state index contributed by atoms with van der Waals surface area (Å²) >= 11 is 0. The largest absolute Gasteiger partial charge is 0.489 e. The molecule has 6 rings (SSSR count). The van der Waals surface area contributed by atoms with Gasteiger partial charge in [-0.1, -0.05) is 24.3 Å². The van der Waals surface area contributed by atoms with Gasteiger partial charge in [0.05, 0.1) is 35.8 Å². The zero-order valence-corrected chi connectivity index (χ0v) is 25.1. The fourth-order valence-corrected chi connectivity index (χ4v) is 4.51. The van der Waals surface area contributed by atoms with Crippen LogP contribution in [-0.2, 0) is 16.1 Å². The SMILES string of the molecule is CC(C)(C)OC(=O)N1CCOc2c(C=O)cccc21.O=C1COc2c(cccc2C(=O)O)N1.OCc1cccc2c1OCCN2. The number of carboxylic acids is 1. The number of nitrogens with zero attached hydrogens (tertiary/aromatic N) is 1. The van der Waals surface area contributed by atoms with Crippen molar-refractivity contribution in [1.82, 2.24) is 0 Å². The Labute approximate surface area is 259 Å². The second-order valence-corrected chi connectivity index (χ2v) is 10.8. The highest BCUT2D eigenvalue weighted by Crippen LogP contribution is 2.35. The molecule has 3 aliphatic rings. The molecule has 0 atom stereocenters. The van der Waals surface area contributed by atoms with Crippen LogP contribution in [0.25, 0.3) is 0 Å². The minimum atomic E-state index is -1.07. The second kappa shape index (κ2) is 14.4. The lowest BCUT2D eigenvalue weighted by Crippen LogP contribution is -2.41. The normalized spacial score (nSPS) is 14.2. The Morgan fingerprint density at radius 1 is 0.956 bits per heavy atom. The third-order valence-electron chi connectivity index (χ3n) is 6.42. The predicted octanol–water partition coefficient (Wildman–Crippen LogP) is 4.33. The minimum Gasteiger partial charge on any atom is -0.489 e. The van der Waals surface area contributed by atoms with E-state index in [1.807, 2.05) is 39.0 Å². The number of para-hydroxylation sites is 3. The molecule has 3 aromatic rings. The molecular weight excluding hydrogens is 586 g/mol. The van der Waals surface area contributed by atoms with Gasteiger partial charge < -0.3 is 39.8 Å². The monoisotopic (exact) mass is 621 g/mol. The number of benzene rings is 3. The van der Waals surface area contributed by atoms with Crippen LogP contribution in [0.1, 0.15) is 47.1 Å². The maximum absolute atomic E-state index is 12.1. The lowest BCUT2D eigenvalue weighted by Gasteiger charge is -2.32. The third-order valence-corrected chi connectivity index (χ3v) is 6.42. The molecule has 2 amide bonds. The third kappa shape index (κ3) is 8.21. The van der Waals surface area contributed by atoms with Gasteiger partial charge in [0, 0.05) is 12.1 Å². The number of aldehydes is 1. The van der Waals surface area contributed by atoms with Crippen molar-refractivity contribution in [2.24, 2.45) is 0 Å².